The molecule has 0 radical (unpaired) electrons. The minimum Gasteiger partial charge on any atom is -0.326 e. The first-order valence-corrected chi connectivity index (χ1v) is 8.94. The summed E-state index contributed by atoms with van der Waals surface area (Å²) in [6, 6.07) is 4.82. The van der Waals surface area contributed by atoms with E-state index in [1.54, 1.807) is 0 Å². The summed E-state index contributed by atoms with van der Waals surface area (Å²) < 4.78 is 0. The maximum Gasteiger partial charge on any atom is 0.0544 e. The molecule has 2 rings (SSSR count). The van der Waals surface area contributed by atoms with Crippen molar-refractivity contribution < 1.29 is 0 Å². The molecule has 3 heteroatoms. The highest BCUT2D eigenvalue weighted by Crippen LogP contribution is 2.42. The predicted octanol–water partition coefficient (Wildman–Crippen LogP) is 4.90. The fraction of sp³-hybridized carbons (Fsp3) is 0.733. The van der Waals surface area contributed by atoms with Gasteiger partial charge in [0.1, 0.15) is 0 Å². The number of nitrogens with two attached hydrogens (primary N) is 1. The fourth-order valence-electron chi connectivity index (χ4n) is 2.61. The Morgan fingerprint density at radius 3 is 2.61 bits per heavy atom. The van der Waals surface area contributed by atoms with Crippen LogP contribution in [-0.4, -0.2) is 11.3 Å². The predicted molar refractivity (Wildman–Crippen MR) is 84.5 cm³/mol. The van der Waals surface area contributed by atoms with Gasteiger partial charge in [-0.1, -0.05) is 26.2 Å². The van der Waals surface area contributed by atoms with Crippen LogP contribution in [0.4, 0.5) is 0 Å². The summed E-state index contributed by atoms with van der Waals surface area (Å²) in [5.74, 6) is 0. The average Bonchev–Trinajstić information content (AvgIpc) is 2.83. The molecule has 0 amide bonds. The Morgan fingerprint density at radius 2 is 2.06 bits per heavy atom. The number of hydrogen-bond acceptors (Lipinski definition) is 3. The average molecular weight is 284 g/mol. The van der Waals surface area contributed by atoms with Gasteiger partial charge in [-0.2, -0.15) is 0 Å². The summed E-state index contributed by atoms with van der Waals surface area (Å²) in [4.78, 5) is 2.89. The van der Waals surface area contributed by atoms with Crippen molar-refractivity contribution in [2.75, 3.05) is 0 Å². The van der Waals surface area contributed by atoms with Crippen molar-refractivity contribution in [3.8, 4) is 0 Å². The third-order valence-electron chi connectivity index (χ3n) is 3.79. The van der Waals surface area contributed by atoms with Crippen LogP contribution in [0.1, 0.15) is 60.5 Å². The molecular weight excluding hydrogens is 258 g/mol. The van der Waals surface area contributed by atoms with Crippen molar-refractivity contribution in [3.63, 3.8) is 0 Å². The van der Waals surface area contributed by atoms with E-state index in [4.69, 9.17) is 5.73 Å². The van der Waals surface area contributed by atoms with Crippen LogP contribution < -0.4 is 5.73 Å². The molecule has 2 atom stereocenters. The lowest BCUT2D eigenvalue weighted by atomic mass is 10.0. The molecule has 0 aliphatic heterocycles. The van der Waals surface area contributed by atoms with E-state index < -0.39 is 0 Å². The lowest BCUT2D eigenvalue weighted by molar-refractivity contribution is 0.512. The second kappa shape index (κ2) is 6.97. The molecule has 1 aliphatic rings. The quantitative estimate of drug-likeness (QED) is 0.831. The largest absolute Gasteiger partial charge is 0.326 e. The molecule has 2 N–H and O–H groups in total. The van der Waals surface area contributed by atoms with Crippen LogP contribution >= 0.6 is 23.1 Å². The molecule has 0 spiro atoms. The van der Waals surface area contributed by atoms with E-state index in [0.717, 1.165) is 11.7 Å². The van der Waals surface area contributed by atoms with E-state index in [9.17, 15) is 0 Å². The summed E-state index contributed by atoms with van der Waals surface area (Å²) in [6.45, 7) is 4.40. The lowest BCUT2D eigenvalue weighted by Crippen LogP contribution is -2.27. The van der Waals surface area contributed by atoms with Crippen molar-refractivity contribution in [2.45, 2.75) is 68.9 Å². The fourth-order valence-corrected chi connectivity index (χ4v) is 5.48. The summed E-state index contributed by atoms with van der Waals surface area (Å²) >= 11 is 4.08. The van der Waals surface area contributed by atoms with E-state index in [-0.39, 0.29) is 0 Å². The number of thiophene rings is 1. The van der Waals surface area contributed by atoms with Crippen LogP contribution in [-0.2, 0) is 0 Å². The highest BCUT2D eigenvalue weighted by Gasteiger charge is 2.25. The molecule has 1 heterocycles. The molecule has 1 saturated carbocycles. The Bertz CT molecular complexity index is 355. The molecule has 2 unspecified atom stereocenters. The van der Waals surface area contributed by atoms with E-state index >= 15 is 0 Å². The second-order valence-electron chi connectivity index (χ2n) is 5.34. The van der Waals surface area contributed by atoms with Crippen LogP contribution in [0.25, 0.3) is 0 Å². The van der Waals surface area contributed by atoms with Gasteiger partial charge in [-0.05, 0) is 38.3 Å². The first-order chi connectivity index (χ1) is 8.70. The first kappa shape index (κ1) is 14.4. The third-order valence-corrected chi connectivity index (χ3v) is 6.78. The molecule has 1 aromatic rings. The molecule has 1 fully saturated rings. The molecule has 1 aliphatic carbocycles. The summed E-state index contributed by atoms with van der Waals surface area (Å²) in [6.07, 6.45) is 8.11. The Kier molecular flexibility index (Phi) is 5.58. The van der Waals surface area contributed by atoms with Gasteiger partial charge in [0, 0.05) is 21.0 Å². The molecule has 0 saturated heterocycles. The smallest absolute Gasteiger partial charge is 0.0544 e. The highest BCUT2D eigenvalue weighted by atomic mass is 32.2. The van der Waals surface area contributed by atoms with Crippen LogP contribution in [0, 0.1) is 6.92 Å². The number of aryl methyl sites for hydroxylation is 1. The van der Waals surface area contributed by atoms with E-state index in [1.165, 1.54) is 41.9 Å². The molecular formula is C15H25NS2. The minimum absolute atomic E-state index is 0.301. The monoisotopic (exact) mass is 283 g/mol. The van der Waals surface area contributed by atoms with E-state index in [1.807, 2.05) is 11.3 Å². The maximum absolute atomic E-state index is 6.36. The van der Waals surface area contributed by atoms with Gasteiger partial charge in [0.25, 0.3) is 0 Å². The van der Waals surface area contributed by atoms with Gasteiger partial charge >= 0.3 is 0 Å². The minimum atomic E-state index is 0.301. The summed E-state index contributed by atoms with van der Waals surface area (Å²) in [5.41, 5.74) is 6.36. The van der Waals surface area contributed by atoms with Crippen molar-refractivity contribution in [1.29, 1.82) is 0 Å². The zero-order valence-corrected chi connectivity index (χ0v) is 13.2. The van der Waals surface area contributed by atoms with Crippen molar-refractivity contribution in [1.82, 2.24) is 0 Å². The van der Waals surface area contributed by atoms with Crippen LogP contribution in [0.5, 0.6) is 0 Å². The van der Waals surface area contributed by atoms with Crippen molar-refractivity contribution in [2.24, 2.45) is 5.73 Å². The summed E-state index contributed by atoms with van der Waals surface area (Å²) in [7, 11) is 0. The molecule has 0 bridgehead atoms. The molecule has 0 aromatic carbocycles. The second-order valence-corrected chi connectivity index (χ2v) is 8.10. The summed E-state index contributed by atoms with van der Waals surface area (Å²) in [5, 5.41) is 1.35. The normalized spacial score (nSPS) is 20.8. The Hall–Kier alpha value is 0.01000. The topological polar surface area (TPSA) is 26.0 Å². The molecule has 1 aromatic heterocycles. The lowest BCUT2D eigenvalue weighted by Gasteiger charge is -2.28. The van der Waals surface area contributed by atoms with Crippen LogP contribution in [0.3, 0.4) is 0 Å². The third kappa shape index (κ3) is 3.75. The van der Waals surface area contributed by atoms with Crippen molar-refractivity contribution >= 4 is 23.1 Å². The van der Waals surface area contributed by atoms with Gasteiger partial charge in [-0.3, -0.25) is 0 Å². The SMILES string of the molecule is CCC(N)C(SC1CCCCC1)c1ccc(C)s1. The Balaban J connectivity index is 2.04. The van der Waals surface area contributed by atoms with Gasteiger partial charge in [-0.15, -0.1) is 23.1 Å². The zero-order chi connectivity index (χ0) is 13.0. The number of thioether (sulfide) groups is 1. The van der Waals surface area contributed by atoms with Gasteiger partial charge in [0.05, 0.1) is 5.25 Å². The standard InChI is InChI=1S/C15H25NS2/c1-3-13(16)15(14-10-9-11(2)17-14)18-12-7-5-4-6-8-12/h9-10,12-13,15H,3-8,16H2,1-2H3. The van der Waals surface area contributed by atoms with Crippen molar-refractivity contribution in [3.05, 3.63) is 21.9 Å². The molecule has 18 heavy (non-hydrogen) atoms. The first-order valence-electron chi connectivity index (χ1n) is 7.18. The number of rotatable bonds is 5. The van der Waals surface area contributed by atoms with E-state index in [0.29, 0.717) is 11.3 Å². The van der Waals surface area contributed by atoms with Gasteiger partial charge in [0.2, 0.25) is 0 Å². The number of hydrogen-bond donors (Lipinski definition) is 1. The molecule has 1 nitrogen and oxygen atoms in total. The molecule has 102 valence electrons. The maximum atomic E-state index is 6.36. The zero-order valence-electron chi connectivity index (χ0n) is 11.5. The van der Waals surface area contributed by atoms with Crippen LogP contribution in [0.15, 0.2) is 12.1 Å². The Labute approximate surface area is 120 Å². The highest BCUT2D eigenvalue weighted by molar-refractivity contribution is 8.00. The Morgan fingerprint density at radius 1 is 1.33 bits per heavy atom. The van der Waals surface area contributed by atoms with E-state index in [2.05, 4.69) is 37.7 Å². The van der Waals surface area contributed by atoms with Gasteiger partial charge in [0.15, 0.2) is 0 Å². The van der Waals surface area contributed by atoms with Crippen LogP contribution in [0.2, 0.25) is 0 Å². The van der Waals surface area contributed by atoms with Gasteiger partial charge < -0.3 is 5.73 Å². The van der Waals surface area contributed by atoms with Gasteiger partial charge in [-0.25, -0.2) is 0 Å².